The number of rotatable bonds is 3. The van der Waals surface area contributed by atoms with Crippen LogP contribution in [0.3, 0.4) is 0 Å². The van der Waals surface area contributed by atoms with Crippen molar-refractivity contribution in [2.45, 2.75) is 39.5 Å². The van der Waals surface area contributed by atoms with Gasteiger partial charge in [0, 0.05) is 0 Å². The Hall–Kier alpha value is -1.63. The van der Waals surface area contributed by atoms with Crippen molar-refractivity contribution in [1.82, 2.24) is 20.5 Å². The van der Waals surface area contributed by atoms with Gasteiger partial charge in [-0.15, -0.1) is 0 Å². The van der Waals surface area contributed by atoms with E-state index in [0.29, 0.717) is 11.6 Å². The maximum atomic E-state index is 11.3. The summed E-state index contributed by atoms with van der Waals surface area (Å²) in [6.07, 6.45) is -0.519. The number of carbonyl (C=O) groups excluding carboxylic acids is 1. The summed E-state index contributed by atoms with van der Waals surface area (Å²) >= 11 is 0. The molecule has 7 heteroatoms. The molecule has 0 radical (unpaired) electrons. The van der Waals surface area contributed by atoms with Crippen molar-refractivity contribution in [3.05, 3.63) is 11.6 Å². The van der Waals surface area contributed by atoms with Crippen molar-refractivity contribution in [2.24, 2.45) is 0 Å². The lowest BCUT2D eigenvalue weighted by molar-refractivity contribution is 0.0522. The summed E-state index contributed by atoms with van der Waals surface area (Å²) in [6.45, 7) is 5.30. The van der Waals surface area contributed by atoms with Crippen LogP contribution in [-0.4, -0.2) is 32.0 Å². The first kappa shape index (κ1) is 12.4. The van der Waals surface area contributed by atoms with Crippen molar-refractivity contribution >= 4 is 6.09 Å². The lowest BCUT2D eigenvalue weighted by Crippen LogP contribution is -2.32. The van der Waals surface area contributed by atoms with Crippen LogP contribution in [0.1, 0.15) is 32.4 Å². The molecular formula is C9H16N4O3. The van der Waals surface area contributed by atoms with Gasteiger partial charge in [0.2, 0.25) is 0 Å². The smallest absolute Gasteiger partial charge is 0.408 e. The van der Waals surface area contributed by atoms with Gasteiger partial charge in [0.05, 0.1) is 6.54 Å². The molecule has 0 fully saturated rings. The van der Waals surface area contributed by atoms with Crippen LogP contribution in [-0.2, 0) is 17.9 Å². The van der Waals surface area contributed by atoms with Gasteiger partial charge in [-0.3, -0.25) is 5.10 Å². The fraction of sp³-hybridized carbons (Fsp3) is 0.667. The van der Waals surface area contributed by atoms with Gasteiger partial charge in [-0.05, 0) is 20.8 Å². The molecule has 3 N–H and O–H groups in total. The van der Waals surface area contributed by atoms with E-state index in [1.54, 1.807) is 20.8 Å². The van der Waals surface area contributed by atoms with Crippen molar-refractivity contribution in [3.8, 4) is 0 Å². The van der Waals surface area contributed by atoms with E-state index >= 15 is 0 Å². The van der Waals surface area contributed by atoms with Crippen molar-refractivity contribution in [1.29, 1.82) is 0 Å². The van der Waals surface area contributed by atoms with Gasteiger partial charge in [0.25, 0.3) is 0 Å². The van der Waals surface area contributed by atoms with E-state index in [2.05, 4.69) is 20.5 Å². The van der Waals surface area contributed by atoms with E-state index in [1.807, 2.05) is 0 Å². The van der Waals surface area contributed by atoms with Crippen LogP contribution < -0.4 is 5.32 Å². The molecule has 0 atom stereocenters. The lowest BCUT2D eigenvalue weighted by Gasteiger charge is -2.19. The zero-order valence-electron chi connectivity index (χ0n) is 9.57. The van der Waals surface area contributed by atoms with Gasteiger partial charge in [-0.25, -0.2) is 9.78 Å². The number of carbonyl (C=O) groups is 1. The zero-order chi connectivity index (χ0) is 12.2. The summed E-state index contributed by atoms with van der Waals surface area (Å²) in [5, 5.41) is 17.5. The molecule has 0 aliphatic heterocycles. The highest BCUT2D eigenvalue weighted by Gasteiger charge is 2.16. The largest absolute Gasteiger partial charge is 0.444 e. The van der Waals surface area contributed by atoms with Gasteiger partial charge < -0.3 is 15.2 Å². The molecular weight excluding hydrogens is 212 g/mol. The highest BCUT2D eigenvalue weighted by molar-refractivity contribution is 5.67. The highest BCUT2D eigenvalue weighted by Crippen LogP contribution is 2.06. The van der Waals surface area contributed by atoms with E-state index in [1.165, 1.54) is 0 Å². The second-order valence-electron chi connectivity index (χ2n) is 4.21. The molecule has 0 unspecified atom stereocenters. The number of aromatic nitrogens is 3. The second-order valence-corrected chi connectivity index (χ2v) is 4.21. The fourth-order valence-electron chi connectivity index (χ4n) is 0.955. The van der Waals surface area contributed by atoms with Crippen LogP contribution in [0.4, 0.5) is 4.79 Å². The summed E-state index contributed by atoms with van der Waals surface area (Å²) in [6, 6.07) is 0. The third-order valence-corrected chi connectivity index (χ3v) is 1.52. The Bertz CT molecular complexity index is 356. The average molecular weight is 228 g/mol. The van der Waals surface area contributed by atoms with E-state index in [4.69, 9.17) is 9.84 Å². The van der Waals surface area contributed by atoms with E-state index in [9.17, 15) is 4.79 Å². The number of alkyl carbamates (subject to hydrolysis) is 1. The number of H-pyrrole nitrogens is 1. The molecule has 1 rings (SSSR count). The fourth-order valence-corrected chi connectivity index (χ4v) is 0.955. The molecule has 1 amide bonds. The standard InChI is InChI=1S/C9H16N4O3/c1-9(2,3)16-8(15)10-4-6-11-7(5-14)13-12-6/h14H,4-5H2,1-3H3,(H,10,15)(H,11,12,13). The number of nitrogens with zero attached hydrogens (tertiary/aromatic N) is 2. The van der Waals surface area contributed by atoms with Crippen molar-refractivity contribution in [3.63, 3.8) is 0 Å². The van der Waals surface area contributed by atoms with Gasteiger partial charge in [-0.1, -0.05) is 0 Å². The quantitative estimate of drug-likeness (QED) is 0.691. The highest BCUT2D eigenvalue weighted by atomic mass is 16.6. The number of amides is 1. The maximum Gasteiger partial charge on any atom is 0.408 e. The molecule has 1 aromatic heterocycles. The molecule has 0 aliphatic carbocycles. The third-order valence-electron chi connectivity index (χ3n) is 1.52. The normalized spacial score (nSPS) is 11.2. The molecule has 0 aromatic carbocycles. The van der Waals surface area contributed by atoms with Crippen LogP contribution in [0.5, 0.6) is 0 Å². The minimum absolute atomic E-state index is 0.182. The Morgan fingerprint density at radius 3 is 2.75 bits per heavy atom. The Kier molecular flexibility index (Phi) is 3.83. The van der Waals surface area contributed by atoms with Crippen molar-refractivity contribution in [2.75, 3.05) is 0 Å². The zero-order valence-corrected chi connectivity index (χ0v) is 9.57. The summed E-state index contributed by atoms with van der Waals surface area (Å²) < 4.78 is 5.03. The minimum Gasteiger partial charge on any atom is -0.444 e. The molecule has 0 spiro atoms. The summed E-state index contributed by atoms with van der Waals surface area (Å²) in [5.74, 6) is 0.760. The van der Waals surface area contributed by atoms with Crippen LogP contribution in [0.25, 0.3) is 0 Å². The Balaban J connectivity index is 2.37. The Morgan fingerprint density at radius 2 is 2.25 bits per heavy atom. The van der Waals surface area contributed by atoms with Crippen molar-refractivity contribution < 1.29 is 14.6 Å². The molecule has 90 valence electrons. The number of aliphatic hydroxyl groups excluding tert-OH is 1. The molecule has 0 bridgehead atoms. The summed E-state index contributed by atoms with van der Waals surface area (Å²) in [4.78, 5) is 15.2. The maximum absolute atomic E-state index is 11.3. The first-order chi connectivity index (χ1) is 7.40. The van der Waals surface area contributed by atoms with Crippen LogP contribution >= 0.6 is 0 Å². The SMILES string of the molecule is CC(C)(C)OC(=O)NCc1nc(CO)n[nH]1. The number of hydrogen-bond donors (Lipinski definition) is 3. The van der Waals surface area contributed by atoms with Crippen LogP contribution in [0.2, 0.25) is 0 Å². The number of hydrogen-bond acceptors (Lipinski definition) is 5. The minimum atomic E-state index is -0.526. The molecule has 1 aromatic rings. The average Bonchev–Trinajstić information content (AvgIpc) is 2.59. The first-order valence-electron chi connectivity index (χ1n) is 4.88. The van der Waals surface area contributed by atoms with Crippen LogP contribution in [0, 0.1) is 0 Å². The predicted octanol–water partition coefficient (Wildman–Crippen LogP) is 0.322. The topological polar surface area (TPSA) is 100 Å². The first-order valence-corrected chi connectivity index (χ1v) is 4.88. The van der Waals surface area contributed by atoms with E-state index < -0.39 is 11.7 Å². The molecule has 7 nitrogen and oxygen atoms in total. The number of ether oxygens (including phenoxy) is 1. The predicted molar refractivity (Wildman–Crippen MR) is 55.4 cm³/mol. The molecule has 0 saturated heterocycles. The van der Waals surface area contributed by atoms with Crippen LogP contribution in [0.15, 0.2) is 0 Å². The Morgan fingerprint density at radius 1 is 1.56 bits per heavy atom. The molecule has 16 heavy (non-hydrogen) atoms. The lowest BCUT2D eigenvalue weighted by atomic mass is 10.2. The van der Waals surface area contributed by atoms with Gasteiger partial charge >= 0.3 is 6.09 Å². The van der Waals surface area contributed by atoms with Gasteiger partial charge in [0.15, 0.2) is 5.82 Å². The van der Waals surface area contributed by atoms with Gasteiger partial charge in [0.1, 0.15) is 18.0 Å². The molecule has 1 heterocycles. The summed E-state index contributed by atoms with van der Waals surface area (Å²) in [5.41, 5.74) is -0.526. The third kappa shape index (κ3) is 4.26. The van der Waals surface area contributed by atoms with Gasteiger partial charge in [-0.2, -0.15) is 5.10 Å². The van der Waals surface area contributed by atoms with E-state index in [0.717, 1.165) is 0 Å². The monoisotopic (exact) mass is 228 g/mol. The number of nitrogens with one attached hydrogen (secondary N) is 2. The second kappa shape index (κ2) is 4.93. The number of aliphatic hydroxyl groups is 1. The molecule has 0 aliphatic rings. The molecule has 0 saturated carbocycles. The number of aromatic amines is 1. The van der Waals surface area contributed by atoms with E-state index in [-0.39, 0.29) is 13.2 Å². The Labute approximate surface area is 93.2 Å². The summed E-state index contributed by atoms with van der Waals surface area (Å²) in [7, 11) is 0.